The summed E-state index contributed by atoms with van der Waals surface area (Å²) in [5, 5.41) is 12.7. The zero-order valence-corrected chi connectivity index (χ0v) is 15.9. The summed E-state index contributed by atoms with van der Waals surface area (Å²) in [7, 11) is 0. The Morgan fingerprint density at radius 1 is 1.23 bits per heavy atom. The Morgan fingerprint density at radius 2 is 2.00 bits per heavy atom. The Balaban J connectivity index is 1.86. The van der Waals surface area contributed by atoms with E-state index in [0.29, 0.717) is 12.1 Å². The van der Waals surface area contributed by atoms with Gasteiger partial charge in [0.25, 0.3) is 5.91 Å². The molecular weight excluding hydrogens is 328 g/mol. The van der Waals surface area contributed by atoms with Crippen LogP contribution in [-0.2, 0) is 11.2 Å². The summed E-state index contributed by atoms with van der Waals surface area (Å²) >= 11 is 0. The molecule has 0 radical (unpaired) electrons. The number of H-pyrrole nitrogens is 1. The van der Waals surface area contributed by atoms with E-state index in [-0.39, 0.29) is 17.7 Å². The number of nitrogens with zero attached hydrogens (tertiary/aromatic N) is 1. The molecule has 1 aromatic heterocycles. The molecule has 1 atom stereocenters. The summed E-state index contributed by atoms with van der Waals surface area (Å²) in [6, 6.07) is 6.79. The molecule has 0 aliphatic rings. The summed E-state index contributed by atoms with van der Waals surface area (Å²) in [6.45, 7) is 8.33. The molecule has 0 bridgehead atoms. The molecule has 26 heavy (non-hydrogen) atoms. The fourth-order valence-electron chi connectivity index (χ4n) is 2.77. The first-order valence-electron chi connectivity index (χ1n) is 9.02. The number of nitrogens with one attached hydrogen (secondary N) is 3. The maximum absolute atomic E-state index is 12.5. The van der Waals surface area contributed by atoms with Gasteiger partial charge in [0.05, 0.1) is 6.20 Å². The number of carbonyl (C=O) groups excluding carboxylic acids is 2. The van der Waals surface area contributed by atoms with Gasteiger partial charge in [-0.15, -0.1) is 0 Å². The Labute approximate surface area is 154 Å². The van der Waals surface area contributed by atoms with Gasteiger partial charge < -0.3 is 10.6 Å². The number of aromatic amines is 1. The van der Waals surface area contributed by atoms with Crippen LogP contribution in [0.15, 0.2) is 30.5 Å². The van der Waals surface area contributed by atoms with Gasteiger partial charge in [0, 0.05) is 17.8 Å². The topological polar surface area (TPSA) is 86.9 Å². The minimum atomic E-state index is -0.557. The first-order chi connectivity index (χ1) is 12.4. The highest BCUT2D eigenvalue weighted by Gasteiger charge is 2.24. The molecule has 6 nitrogen and oxygen atoms in total. The number of amides is 2. The van der Waals surface area contributed by atoms with Crippen molar-refractivity contribution in [3.05, 3.63) is 52.8 Å². The quantitative estimate of drug-likeness (QED) is 0.635. The lowest BCUT2D eigenvalue weighted by atomic mass is 10.0. The van der Waals surface area contributed by atoms with E-state index in [4.69, 9.17) is 0 Å². The summed E-state index contributed by atoms with van der Waals surface area (Å²) in [5.41, 5.74) is 3.80. The molecule has 1 aromatic carbocycles. The van der Waals surface area contributed by atoms with E-state index in [1.54, 1.807) is 6.07 Å². The van der Waals surface area contributed by atoms with E-state index in [1.165, 1.54) is 0 Å². The van der Waals surface area contributed by atoms with Crippen LogP contribution in [0.5, 0.6) is 0 Å². The second-order valence-corrected chi connectivity index (χ2v) is 6.98. The molecule has 6 heteroatoms. The van der Waals surface area contributed by atoms with Gasteiger partial charge in [-0.3, -0.25) is 14.7 Å². The Kier molecular flexibility index (Phi) is 6.95. The van der Waals surface area contributed by atoms with E-state index in [1.807, 2.05) is 52.1 Å². The predicted molar refractivity (Wildman–Crippen MR) is 102 cm³/mol. The Hall–Kier alpha value is -2.63. The zero-order chi connectivity index (χ0) is 19.1. The van der Waals surface area contributed by atoms with Crippen molar-refractivity contribution in [3.63, 3.8) is 0 Å². The number of aromatic nitrogens is 2. The van der Waals surface area contributed by atoms with Gasteiger partial charge in [-0.25, -0.2) is 0 Å². The lowest BCUT2D eigenvalue weighted by molar-refractivity contribution is -0.123. The van der Waals surface area contributed by atoms with Crippen LogP contribution in [0.3, 0.4) is 0 Å². The number of benzene rings is 1. The van der Waals surface area contributed by atoms with E-state index in [2.05, 4.69) is 20.8 Å². The molecule has 0 spiro atoms. The highest BCUT2D eigenvalue weighted by molar-refractivity contribution is 5.97. The highest BCUT2D eigenvalue weighted by atomic mass is 16.2. The number of rotatable bonds is 8. The molecule has 0 aliphatic heterocycles. The Bertz CT molecular complexity index is 752. The smallest absolute Gasteiger partial charge is 0.251 e. The normalized spacial score (nSPS) is 12.0. The maximum Gasteiger partial charge on any atom is 0.251 e. The van der Waals surface area contributed by atoms with Gasteiger partial charge in [-0.2, -0.15) is 5.10 Å². The number of aryl methyl sites for hydroxylation is 3. The minimum absolute atomic E-state index is 0.000114. The molecule has 2 aromatic rings. The van der Waals surface area contributed by atoms with Gasteiger partial charge >= 0.3 is 0 Å². The summed E-state index contributed by atoms with van der Waals surface area (Å²) in [6.07, 6.45) is 3.49. The van der Waals surface area contributed by atoms with Gasteiger partial charge in [0.15, 0.2) is 0 Å². The Morgan fingerprint density at radius 3 is 2.62 bits per heavy atom. The third kappa shape index (κ3) is 5.44. The zero-order valence-electron chi connectivity index (χ0n) is 15.9. The summed E-state index contributed by atoms with van der Waals surface area (Å²) in [4.78, 5) is 24.9. The number of hydrogen-bond donors (Lipinski definition) is 3. The van der Waals surface area contributed by atoms with Crippen LogP contribution in [0, 0.1) is 19.8 Å². The van der Waals surface area contributed by atoms with Gasteiger partial charge in [0.1, 0.15) is 6.04 Å². The van der Waals surface area contributed by atoms with Crippen LogP contribution in [0.4, 0.5) is 0 Å². The predicted octanol–water partition coefficient (Wildman–Crippen LogP) is 2.53. The van der Waals surface area contributed by atoms with Gasteiger partial charge in [-0.05, 0) is 50.3 Å². The minimum Gasteiger partial charge on any atom is -0.354 e. The molecule has 140 valence electrons. The van der Waals surface area contributed by atoms with Crippen molar-refractivity contribution in [3.8, 4) is 0 Å². The SMILES string of the molecule is Cc1cccc(C(=O)NC(C(=O)NCCCc2cn[nH]c2C)C(C)C)c1. The first-order valence-corrected chi connectivity index (χ1v) is 9.02. The van der Waals surface area contributed by atoms with E-state index in [9.17, 15) is 9.59 Å². The van der Waals surface area contributed by atoms with Crippen molar-refractivity contribution < 1.29 is 9.59 Å². The lowest BCUT2D eigenvalue weighted by Crippen LogP contribution is -2.49. The monoisotopic (exact) mass is 356 g/mol. The molecule has 0 saturated carbocycles. The van der Waals surface area contributed by atoms with Crippen LogP contribution in [-0.4, -0.2) is 34.6 Å². The molecule has 0 saturated heterocycles. The van der Waals surface area contributed by atoms with Gasteiger partial charge in [-0.1, -0.05) is 31.5 Å². The van der Waals surface area contributed by atoms with Gasteiger partial charge in [0.2, 0.25) is 5.91 Å². The van der Waals surface area contributed by atoms with Crippen molar-refractivity contribution >= 4 is 11.8 Å². The van der Waals surface area contributed by atoms with Crippen molar-refractivity contribution in [1.29, 1.82) is 0 Å². The molecular formula is C20H28N4O2. The third-order valence-corrected chi connectivity index (χ3v) is 4.37. The van der Waals surface area contributed by atoms with Crippen LogP contribution in [0.25, 0.3) is 0 Å². The number of hydrogen-bond acceptors (Lipinski definition) is 3. The standard InChI is InChI=1S/C20H28N4O2/c1-13(2)18(23-19(25)16-8-5-7-14(3)11-16)20(26)21-10-6-9-17-12-22-24-15(17)4/h5,7-8,11-13,18H,6,9-10H2,1-4H3,(H,21,26)(H,22,24)(H,23,25). The molecule has 1 heterocycles. The van der Waals surface area contributed by atoms with E-state index >= 15 is 0 Å². The van der Waals surface area contributed by atoms with Crippen LogP contribution >= 0.6 is 0 Å². The van der Waals surface area contributed by atoms with Crippen LogP contribution in [0.1, 0.15) is 47.4 Å². The average Bonchev–Trinajstić information content (AvgIpc) is 3.01. The van der Waals surface area contributed by atoms with Crippen molar-refractivity contribution in [1.82, 2.24) is 20.8 Å². The largest absolute Gasteiger partial charge is 0.354 e. The first kappa shape index (κ1) is 19.7. The van der Waals surface area contributed by atoms with E-state index in [0.717, 1.165) is 29.7 Å². The molecule has 1 unspecified atom stereocenters. The fraction of sp³-hybridized carbons (Fsp3) is 0.450. The second kappa shape index (κ2) is 9.17. The fourth-order valence-corrected chi connectivity index (χ4v) is 2.77. The van der Waals surface area contributed by atoms with Crippen LogP contribution < -0.4 is 10.6 Å². The molecule has 2 amide bonds. The van der Waals surface area contributed by atoms with Crippen molar-refractivity contribution in [2.45, 2.75) is 46.6 Å². The van der Waals surface area contributed by atoms with Crippen molar-refractivity contribution in [2.75, 3.05) is 6.54 Å². The molecule has 0 aliphatic carbocycles. The molecule has 3 N–H and O–H groups in total. The molecule has 0 fully saturated rings. The summed E-state index contributed by atoms with van der Waals surface area (Å²) < 4.78 is 0. The number of carbonyl (C=O) groups is 2. The third-order valence-electron chi connectivity index (χ3n) is 4.37. The van der Waals surface area contributed by atoms with Crippen LogP contribution in [0.2, 0.25) is 0 Å². The average molecular weight is 356 g/mol. The second-order valence-electron chi connectivity index (χ2n) is 6.98. The highest BCUT2D eigenvalue weighted by Crippen LogP contribution is 2.08. The van der Waals surface area contributed by atoms with E-state index < -0.39 is 6.04 Å². The molecule has 2 rings (SSSR count). The maximum atomic E-state index is 12.5. The lowest BCUT2D eigenvalue weighted by Gasteiger charge is -2.22. The van der Waals surface area contributed by atoms with Crippen molar-refractivity contribution in [2.24, 2.45) is 5.92 Å². The summed E-state index contributed by atoms with van der Waals surface area (Å²) in [5.74, 6) is -0.374.